The number of piperazine rings is 1. The van der Waals surface area contributed by atoms with E-state index in [1.807, 2.05) is 6.07 Å². The molecule has 0 spiro atoms. The van der Waals surface area contributed by atoms with Gasteiger partial charge in [0.25, 0.3) is 0 Å². The Bertz CT molecular complexity index is 1120. The highest BCUT2D eigenvalue weighted by Gasteiger charge is 2.23. The van der Waals surface area contributed by atoms with Crippen molar-refractivity contribution in [1.29, 1.82) is 0 Å². The summed E-state index contributed by atoms with van der Waals surface area (Å²) in [5.41, 5.74) is 5.31. The number of benzene rings is 1. The first-order chi connectivity index (χ1) is 12.6. The lowest BCUT2D eigenvalue weighted by molar-refractivity contribution is 0.405. The van der Waals surface area contributed by atoms with Gasteiger partial charge in [0.2, 0.25) is 0 Å². The van der Waals surface area contributed by atoms with E-state index in [-0.39, 0.29) is 0 Å². The van der Waals surface area contributed by atoms with E-state index in [1.165, 1.54) is 10.9 Å². The quantitative estimate of drug-likeness (QED) is 0.573. The maximum atomic E-state index is 5.10. The van der Waals surface area contributed by atoms with Gasteiger partial charge in [-0.15, -0.1) is 0 Å². The van der Waals surface area contributed by atoms with Crippen LogP contribution in [0.5, 0.6) is 0 Å². The second-order valence-electron chi connectivity index (χ2n) is 7.54. The summed E-state index contributed by atoms with van der Waals surface area (Å²) in [6, 6.07) is 15.6. The molecule has 5 nitrogen and oxygen atoms in total. The van der Waals surface area contributed by atoms with E-state index in [0.29, 0.717) is 12.1 Å². The lowest BCUT2D eigenvalue weighted by Crippen LogP contribution is -2.54. The topological polar surface area (TPSA) is 45.5 Å². The van der Waals surface area contributed by atoms with Crippen LogP contribution in [-0.2, 0) is 0 Å². The van der Waals surface area contributed by atoms with Gasteiger partial charge in [-0.1, -0.05) is 12.1 Å². The van der Waals surface area contributed by atoms with Crippen molar-refractivity contribution in [2.75, 3.05) is 18.0 Å². The predicted molar refractivity (Wildman–Crippen MR) is 107 cm³/mol. The van der Waals surface area contributed by atoms with Crippen LogP contribution in [0.25, 0.3) is 27.7 Å². The smallest absolute Gasteiger partial charge is 0.148 e. The fourth-order valence-electron chi connectivity index (χ4n) is 4.24. The monoisotopic (exact) mass is 345 g/mol. The number of hydrogen-bond acceptors (Lipinski definition) is 4. The van der Waals surface area contributed by atoms with Crippen molar-refractivity contribution in [1.82, 2.24) is 19.7 Å². The van der Waals surface area contributed by atoms with Gasteiger partial charge in [0.05, 0.1) is 11.0 Å². The summed E-state index contributed by atoms with van der Waals surface area (Å²) in [4.78, 5) is 12.3. The normalized spacial score (nSPS) is 21.1. The number of rotatable bonds is 1. The summed E-state index contributed by atoms with van der Waals surface area (Å²) in [5.74, 6) is 1.06. The molecule has 0 saturated carbocycles. The van der Waals surface area contributed by atoms with Crippen LogP contribution in [0.3, 0.4) is 0 Å². The zero-order chi connectivity index (χ0) is 17.8. The fraction of sp³-hybridized carbons (Fsp3) is 0.333. The second-order valence-corrected chi connectivity index (χ2v) is 7.54. The molecule has 2 unspecified atom stereocenters. The van der Waals surface area contributed by atoms with Gasteiger partial charge in [0, 0.05) is 30.6 Å². The van der Waals surface area contributed by atoms with Crippen molar-refractivity contribution in [3.8, 4) is 0 Å². The van der Waals surface area contributed by atoms with Crippen LogP contribution < -0.4 is 10.2 Å². The Morgan fingerprint density at radius 1 is 1.00 bits per heavy atom. The number of nitrogens with zero attached hydrogens (tertiary/aromatic N) is 4. The van der Waals surface area contributed by atoms with Gasteiger partial charge in [-0.2, -0.15) is 0 Å². The summed E-state index contributed by atoms with van der Waals surface area (Å²) in [7, 11) is 0. The average molecular weight is 345 g/mol. The van der Waals surface area contributed by atoms with Crippen LogP contribution in [0.4, 0.5) is 5.82 Å². The molecule has 1 aromatic carbocycles. The molecule has 2 atom stereocenters. The molecule has 1 fully saturated rings. The van der Waals surface area contributed by atoms with Crippen LogP contribution in [0.1, 0.15) is 19.4 Å². The molecular weight excluding hydrogens is 322 g/mol. The molecule has 4 heterocycles. The number of hydrogen-bond donors (Lipinski definition) is 1. The Labute approximate surface area is 152 Å². The molecular formula is C21H23N5. The van der Waals surface area contributed by atoms with Gasteiger partial charge in [-0.05, 0) is 56.7 Å². The minimum absolute atomic E-state index is 0.460. The first-order valence-corrected chi connectivity index (χ1v) is 9.29. The summed E-state index contributed by atoms with van der Waals surface area (Å²) in [6.45, 7) is 8.59. The molecule has 5 heteroatoms. The Kier molecular flexibility index (Phi) is 3.40. The van der Waals surface area contributed by atoms with Crippen molar-refractivity contribution in [3.05, 3.63) is 48.0 Å². The lowest BCUT2D eigenvalue weighted by atomic mass is 10.1. The highest BCUT2D eigenvalue weighted by molar-refractivity contribution is 5.90. The van der Waals surface area contributed by atoms with E-state index in [9.17, 15) is 0 Å². The SMILES string of the molecule is Cc1cc(N2CC(C)NC(C)C2)nc2c1ccc1nc3ccccc3n12. The summed E-state index contributed by atoms with van der Waals surface area (Å²) < 4.78 is 2.19. The number of para-hydroxylation sites is 2. The van der Waals surface area contributed by atoms with E-state index in [2.05, 4.69) is 71.8 Å². The second kappa shape index (κ2) is 5.68. The molecule has 132 valence electrons. The van der Waals surface area contributed by atoms with Crippen LogP contribution >= 0.6 is 0 Å². The third-order valence-electron chi connectivity index (χ3n) is 5.31. The van der Waals surface area contributed by atoms with Crippen LogP contribution in [0.15, 0.2) is 42.5 Å². The minimum Gasteiger partial charge on any atom is -0.353 e. The number of aromatic nitrogens is 3. The number of pyridine rings is 2. The molecule has 0 radical (unpaired) electrons. The standard InChI is InChI=1S/C21H23N5/c1-13-10-20(25-11-14(2)22-15(3)12-25)24-21-16(13)8-9-19-23-17-6-4-5-7-18(17)26(19)21/h4-10,14-15,22H,11-12H2,1-3H3. The van der Waals surface area contributed by atoms with Gasteiger partial charge in [0.1, 0.15) is 17.1 Å². The highest BCUT2D eigenvalue weighted by Crippen LogP contribution is 2.27. The lowest BCUT2D eigenvalue weighted by Gasteiger charge is -2.37. The van der Waals surface area contributed by atoms with E-state index >= 15 is 0 Å². The molecule has 5 rings (SSSR count). The molecule has 1 N–H and O–H groups in total. The van der Waals surface area contributed by atoms with Gasteiger partial charge < -0.3 is 10.2 Å². The molecule has 0 amide bonds. The van der Waals surface area contributed by atoms with E-state index in [0.717, 1.165) is 41.2 Å². The van der Waals surface area contributed by atoms with Crippen molar-refractivity contribution < 1.29 is 0 Å². The van der Waals surface area contributed by atoms with Crippen LogP contribution in [-0.4, -0.2) is 39.5 Å². The van der Waals surface area contributed by atoms with Crippen molar-refractivity contribution >= 4 is 33.5 Å². The number of nitrogens with one attached hydrogen (secondary N) is 1. The Balaban J connectivity index is 1.78. The Morgan fingerprint density at radius 2 is 1.77 bits per heavy atom. The Hall–Kier alpha value is -2.66. The average Bonchev–Trinajstić information content (AvgIpc) is 2.99. The zero-order valence-electron chi connectivity index (χ0n) is 15.4. The molecule has 3 aromatic heterocycles. The summed E-state index contributed by atoms with van der Waals surface area (Å²) in [5, 5.41) is 4.78. The van der Waals surface area contributed by atoms with E-state index in [1.54, 1.807) is 0 Å². The molecule has 0 bridgehead atoms. The summed E-state index contributed by atoms with van der Waals surface area (Å²) in [6.07, 6.45) is 0. The Morgan fingerprint density at radius 3 is 2.58 bits per heavy atom. The third-order valence-corrected chi connectivity index (χ3v) is 5.31. The van der Waals surface area contributed by atoms with Crippen molar-refractivity contribution in [3.63, 3.8) is 0 Å². The van der Waals surface area contributed by atoms with Gasteiger partial charge in [-0.25, -0.2) is 9.97 Å². The molecule has 1 saturated heterocycles. The first-order valence-electron chi connectivity index (χ1n) is 9.29. The first kappa shape index (κ1) is 15.6. The van der Waals surface area contributed by atoms with Gasteiger partial charge in [0.15, 0.2) is 0 Å². The number of fused-ring (bicyclic) bond motifs is 5. The maximum Gasteiger partial charge on any atom is 0.148 e. The van der Waals surface area contributed by atoms with Crippen LogP contribution in [0.2, 0.25) is 0 Å². The molecule has 26 heavy (non-hydrogen) atoms. The van der Waals surface area contributed by atoms with Crippen molar-refractivity contribution in [2.24, 2.45) is 0 Å². The maximum absolute atomic E-state index is 5.10. The number of imidazole rings is 1. The molecule has 4 aromatic rings. The number of aryl methyl sites for hydroxylation is 1. The van der Waals surface area contributed by atoms with Gasteiger partial charge in [-0.3, -0.25) is 4.40 Å². The molecule has 1 aliphatic rings. The summed E-state index contributed by atoms with van der Waals surface area (Å²) >= 11 is 0. The predicted octanol–water partition coefficient (Wildman–Crippen LogP) is 3.53. The molecule has 0 aliphatic carbocycles. The van der Waals surface area contributed by atoms with Crippen LogP contribution in [0, 0.1) is 6.92 Å². The molecule has 1 aliphatic heterocycles. The van der Waals surface area contributed by atoms with Gasteiger partial charge >= 0.3 is 0 Å². The van der Waals surface area contributed by atoms with E-state index in [4.69, 9.17) is 9.97 Å². The van der Waals surface area contributed by atoms with Crippen molar-refractivity contribution in [2.45, 2.75) is 32.9 Å². The fourth-order valence-corrected chi connectivity index (χ4v) is 4.24. The third kappa shape index (κ3) is 2.35. The zero-order valence-corrected chi connectivity index (χ0v) is 15.4. The van der Waals surface area contributed by atoms with E-state index < -0.39 is 0 Å². The largest absolute Gasteiger partial charge is 0.353 e. The highest BCUT2D eigenvalue weighted by atomic mass is 15.3. The number of anilines is 1. The minimum atomic E-state index is 0.460.